The van der Waals surface area contributed by atoms with Crippen molar-refractivity contribution in [3.8, 4) is 0 Å². The number of hydrogen-bond acceptors (Lipinski definition) is 4. The molecule has 2 N–H and O–H groups in total. The van der Waals surface area contributed by atoms with Crippen molar-refractivity contribution in [2.75, 3.05) is 6.54 Å². The lowest BCUT2D eigenvalue weighted by molar-refractivity contribution is 0.613. The topological polar surface area (TPSA) is 57.8 Å². The predicted molar refractivity (Wildman–Crippen MR) is 67.4 cm³/mol. The van der Waals surface area contributed by atoms with Gasteiger partial charge in [-0.3, -0.25) is 4.79 Å². The molecule has 2 aromatic heterocycles. The van der Waals surface area contributed by atoms with Crippen LogP contribution >= 0.6 is 11.3 Å². The number of H-pyrrole nitrogens is 1. The average molecular weight is 247 g/mol. The van der Waals surface area contributed by atoms with Gasteiger partial charge in [-0.05, 0) is 24.4 Å². The van der Waals surface area contributed by atoms with Crippen molar-refractivity contribution in [3.63, 3.8) is 0 Å². The van der Waals surface area contributed by atoms with Gasteiger partial charge in [0.05, 0.1) is 5.69 Å². The molecule has 0 aliphatic carbocycles. The van der Waals surface area contributed by atoms with Gasteiger partial charge in [0.25, 0.3) is 5.56 Å². The molecule has 0 bridgehead atoms. The SMILES string of the molecule is O=c1[nH]c(Cc2cccs2)nc2c1CCNC2. The van der Waals surface area contributed by atoms with E-state index >= 15 is 0 Å². The van der Waals surface area contributed by atoms with Crippen molar-refractivity contribution < 1.29 is 0 Å². The number of hydrogen-bond donors (Lipinski definition) is 2. The highest BCUT2D eigenvalue weighted by atomic mass is 32.1. The molecule has 0 fully saturated rings. The summed E-state index contributed by atoms with van der Waals surface area (Å²) in [5, 5.41) is 5.28. The zero-order valence-corrected chi connectivity index (χ0v) is 10.1. The Morgan fingerprint density at radius 1 is 1.47 bits per heavy atom. The Bertz CT molecular complexity index is 574. The Labute approximate surface area is 103 Å². The number of fused-ring (bicyclic) bond motifs is 1. The van der Waals surface area contributed by atoms with Gasteiger partial charge in [0.2, 0.25) is 0 Å². The first-order valence-electron chi connectivity index (χ1n) is 5.67. The van der Waals surface area contributed by atoms with Crippen LogP contribution < -0.4 is 10.9 Å². The van der Waals surface area contributed by atoms with E-state index in [1.165, 1.54) is 4.88 Å². The fourth-order valence-corrected chi connectivity index (χ4v) is 2.79. The molecule has 4 nitrogen and oxygen atoms in total. The number of aromatic nitrogens is 2. The Morgan fingerprint density at radius 2 is 2.41 bits per heavy atom. The van der Waals surface area contributed by atoms with Crippen LogP contribution in [0.5, 0.6) is 0 Å². The molecule has 3 heterocycles. The smallest absolute Gasteiger partial charge is 0.254 e. The fraction of sp³-hybridized carbons (Fsp3) is 0.333. The summed E-state index contributed by atoms with van der Waals surface area (Å²) in [4.78, 5) is 20.5. The van der Waals surface area contributed by atoms with Crippen LogP contribution in [0.15, 0.2) is 22.3 Å². The van der Waals surface area contributed by atoms with Gasteiger partial charge in [-0.15, -0.1) is 11.3 Å². The second kappa shape index (κ2) is 4.43. The van der Waals surface area contributed by atoms with Crippen molar-refractivity contribution in [2.45, 2.75) is 19.4 Å². The zero-order chi connectivity index (χ0) is 11.7. The van der Waals surface area contributed by atoms with Gasteiger partial charge < -0.3 is 10.3 Å². The second-order valence-electron chi connectivity index (χ2n) is 4.12. The third kappa shape index (κ3) is 2.16. The summed E-state index contributed by atoms with van der Waals surface area (Å²) in [7, 11) is 0. The van der Waals surface area contributed by atoms with E-state index in [1.54, 1.807) is 11.3 Å². The molecule has 0 spiro atoms. The highest BCUT2D eigenvalue weighted by molar-refractivity contribution is 7.09. The number of nitrogens with zero attached hydrogens (tertiary/aromatic N) is 1. The van der Waals surface area contributed by atoms with Gasteiger partial charge in [-0.25, -0.2) is 4.98 Å². The van der Waals surface area contributed by atoms with Crippen LogP contribution in [0.1, 0.15) is 22.0 Å². The minimum atomic E-state index is 0.0306. The Hall–Kier alpha value is -1.46. The average Bonchev–Trinajstić information content (AvgIpc) is 2.82. The molecular formula is C12H13N3OS. The van der Waals surface area contributed by atoms with Crippen LogP contribution in [0.25, 0.3) is 0 Å². The molecule has 17 heavy (non-hydrogen) atoms. The number of rotatable bonds is 2. The van der Waals surface area contributed by atoms with E-state index in [9.17, 15) is 4.79 Å². The maximum absolute atomic E-state index is 11.9. The molecule has 0 atom stereocenters. The minimum absolute atomic E-state index is 0.0306. The minimum Gasteiger partial charge on any atom is -0.311 e. The lowest BCUT2D eigenvalue weighted by atomic mass is 10.1. The number of aromatic amines is 1. The fourth-order valence-electron chi connectivity index (χ4n) is 2.08. The maximum atomic E-state index is 11.9. The van der Waals surface area contributed by atoms with E-state index in [1.807, 2.05) is 11.4 Å². The van der Waals surface area contributed by atoms with Crippen LogP contribution in [0, 0.1) is 0 Å². The van der Waals surface area contributed by atoms with Crippen LogP contribution in [-0.4, -0.2) is 16.5 Å². The Kier molecular flexibility index (Phi) is 2.78. The third-order valence-electron chi connectivity index (χ3n) is 2.92. The van der Waals surface area contributed by atoms with Gasteiger partial charge in [0.1, 0.15) is 5.82 Å². The van der Waals surface area contributed by atoms with E-state index in [0.29, 0.717) is 13.0 Å². The zero-order valence-electron chi connectivity index (χ0n) is 9.32. The molecule has 0 saturated heterocycles. The van der Waals surface area contributed by atoms with Crippen molar-refractivity contribution in [2.24, 2.45) is 0 Å². The van der Waals surface area contributed by atoms with Gasteiger partial charge in [-0.1, -0.05) is 6.07 Å². The summed E-state index contributed by atoms with van der Waals surface area (Å²) in [6, 6.07) is 4.07. The molecule has 0 aromatic carbocycles. The van der Waals surface area contributed by atoms with Gasteiger partial charge in [-0.2, -0.15) is 0 Å². The van der Waals surface area contributed by atoms with Gasteiger partial charge in [0, 0.05) is 23.4 Å². The van der Waals surface area contributed by atoms with Crippen molar-refractivity contribution in [1.29, 1.82) is 0 Å². The quantitative estimate of drug-likeness (QED) is 0.834. The molecular weight excluding hydrogens is 234 g/mol. The van der Waals surface area contributed by atoms with E-state index < -0.39 is 0 Å². The highest BCUT2D eigenvalue weighted by Crippen LogP contribution is 2.13. The van der Waals surface area contributed by atoms with Gasteiger partial charge >= 0.3 is 0 Å². The lowest BCUT2D eigenvalue weighted by Crippen LogP contribution is -2.31. The lowest BCUT2D eigenvalue weighted by Gasteiger charge is -2.15. The molecule has 1 aliphatic rings. The summed E-state index contributed by atoms with van der Waals surface area (Å²) in [6.45, 7) is 1.57. The molecule has 88 valence electrons. The summed E-state index contributed by atoms with van der Waals surface area (Å²) < 4.78 is 0. The summed E-state index contributed by atoms with van der Waals surface area (Å²) in [5.41, 5.74) is 1.79. The standard InChI is InChI=1S/C12H13N3OS/c16-12-9-3-4-13-7-10(9)14-11(15-12)6-8-2-1-5-17-8/h1-2,5,13H,3-4,6-7H2,(H,14,15,16). The molecule has 0 radical (unpaired) electrons. The van der Waals surface area contributed by atoms with Crippen molar-refractivity contribution in [3.05, 3.63) is 49.8 Å². The number of nitrogens with one attached hydrogen (secondary N) is 2. The second-order valence-corrected chi connectivity index (χ2v) is 5.15. The van der Waals surface area contributed by atoms with Crippen molar-refractivity contribution in [1.82, 2.24) is 15.3 Å². The van der Waals surface area contributed by atoms with Gasteiger partial charge in [0.15, 0.2) is 0 Å². The Balaban J connectivity index is 1.96. The molecule has 0 unspecified atom stereocenters. The van der Waals surface area contributed by atoms with E-state index in [2.05, 4.69) is 21.4 Å². The first-order valence-corrected chi connectivity index (χ1v) is 6.55. The molecule has 0 saturated carbocycles. The molecule has 1 aliphatic heterocycles. The van der Waals surface area contributed by atoms with Crippen molar-refractivity contribution >= 4 is 11.3 Å². The van der Waals surface area contributed by atoms with E-state index in [-0.39, 0.29) is 5.56 Å². The summed E-state index contributed by atoms with van der Waals surface area (Å²) in [5.74, 6) is 0.764. The monoisotopic (exact) mass is 247 g/mol. The largest absolute Gasteiger partial charge is 0.311 e. The summed E-state index contributed by atoms with van der Waals surface area (Å²) >= 11 is 1.68. The molecule has 0 amide bonds. The van der Waals surface area contributed by atoms with Crippen LogP contribution in [-0.2, 0) is 19.4 Å². The van der Waals surface area contributed by atoms with Crippen LogP contribution in [0.4, 0.5) is 0 Å². The van der Waals surface area contributed by atoms with E-state index in [0.717, 1.165) is 30.0 Å². The maximum Gasteiger partial charge on any atom is 0.254 e. The molecule has 3 rings (SSSR count). The first-order chi connectivity index (χ1) is 8.33. The highest BCUT2D eigenvalue weighted by Gasteiger charge is 2.15. The summed E-state index contributed by atoms with van der Waals surface area (Å²) in [6.07, 6.45) is 1.48. The third-order valence-corrected chi connectivity index (χ3v) is 3.79. The molecule has 5 heteroatoms. The van der Waals surface area contributed by atoms with Crippen LogP contribution in [0.2, 0.25) is 0 Å². The predicted octanol–water partition coefficient (Wildman–Crippen LogP) is 1.07. The first kappa shape index (κ1) is 10.7. The molecule has 2 aromatic rings. The normalized spacial score (nSPS) is 14.6. The van der Waals surface area contributed by atoms with Crippen LogP contribution in [0.3, 0.4) is 0 Å². The Morgan fingerprint density at radius 3 is 3.24 bits per heavy atom. The number of thiophene rings is 1. The van der Waals surface area contributed by atoms with E-state index in [4.69, 9.17) is 0 Å².